The summed E-state index contributed by atoms with van der Waals surface area (Å²) in [4.78, 5) is 19.5. The Labute approximate surface area is 118 Å². The van der Waals surface area contributed by atoms with Crippen molar-refractivity contribution in [2.45, 2.75) is 33.2 Å². The van der Waals surface area contributed by atoms with Gasteiger partial charge in [-0.25, -0.2) is 9.97 Å². The summed E-state index contributed by atoms with van der Waals surface area (Å²) in [6, 6.07) is 7.46. The lowest BCUT2D eigenvalue weighted by Gasteiger charge is -2.31. The first kappa shape index (κ1) is 14.2. The van der Waals surface area contributed by atoms with Crippen molar-refractivity contribution in [3.05, 3.63) is 30.6 Å². The van der Waals surface area contributed by atoms with Gasteiger partial charge >= 0.3 is 5.97 Å². The molecule has 106 valence electrons. The molecule has 0 saturated heterocycles. The lowest BCUT2D eigenvalue weighted by atomic mass is 9.84. The third kappa shape index (κ3) is 3.23. The molecular weight excluding hydrogens is 254 g/mol. The van der Waals surface area contributed by atoms with E-state index in [-0.39, 0.29) is 17.9 Å². The molecule has 1 heterocycles. The van der Waals surface area contributed by atoms with Gasteiger partial charge in [0.2, 0.25) is 0 Å². The van der Waals surface area contributed by atoms with Crippen molar-refractivity contribution in [3.8, 4) is 0 Å². The van der Waals surface area contributed by atoms with Crippen LogP contribution in [0.2, 0.25) is 0 Å². The molecule has 0 fully saturated rings. The highest BCUT2D eigenvalue weighted by molar-refractivity contribution is 5.88. The molecule has 0 amide bonds. The van der Waals surface area contributed by atoms with Crippen LogP contribution >= 0.6 is 0 Å². The average Bonchev–Trinajstić information content (AvgIpc) is 2.37. The van der Waals surface area contributed by atoms with Crippen LogP contribution in [0.3, 0.4) is 0 Å². The SMILES string of the molecule is CC(C)(C)C(CC(=O)O)Nc1ncnc2ccccc12. The molecule has 1 atom stereocenters. The summed E-state index contributed by atoms with van der Waals surface area (Å²) in [7, 11) is 0. The Bertz CT molecular complexity index is 615. The number of fused-ring (bicyclic) bond motifs is 1. The van der Waals surface area contributed by atoms with Crippen LogP contribution < -0.4 is 5.32 Å². The molecule has 0 aliphatic heterocycles. The van der Waals surface area contributed by atoms with E-state index in [0.29, 0.717) is 5.82 Å². The first-order chi connectivity index (χ1) is 9.38. The number of hydrogen-bond donors (Lipinski definition) is 2. The molecule has 1 aromatic carbocycles. The van der Waals surface area contributed by atoms with Crippen molar-refractivity contribution in [1.82, 2.24) is 9.97 Å². The number of aromatic nitrogens is 2. The van der Waals surface area contributed by atoms with E-state index in [9.17, 15) is 4.79 Å². The van der Waals surface area contributed by atoms with Gasteiger partial charge in [0.15, 0.2) is 0 Å². The Kier molecular flexibility index (Phi) is 3.88. The number of nitrogens with one attached hydrogen (secondary N) is 1. The van der Waals surface area contributed by atoms with Gasteiger partial charge in [-0.3, -0.25) is 4.79 Å². The van der Waals surface area contributed by atoms with E-state index in [0.717, 1.165) is 10.9 Å². The number of rotatable bonds is 4. The first-order valence-corrected chi connectivity index (χ1v) is 6.56. The lowest BCUT2D eigenvalue weighted by molar-refractivity contribution is -0.137. The molecule has 0 saturated carbocycles. The minimum atomic E-state index is -0.823. The topological polar surface area (TPSA) is 75.1 Å². The predicted molar refractivity (Wildman–Crippen MR) is 78.7 cm³/mol. The van der Waals surface area contributed by atoms with E-state index in [1.807, 2.05) is 45.0 Å². The van der Waals surface area contributed by atoms with Gasteiger partial charge in [-0.15, -0.1) is 0 Å². The highest BCUT2D eigenvalue weighted by Gasteiger charge is 2.27. The van der Waals surface area contributed by atoms with Gasteiger partial charge < -0.3 is 10.4 Å². The third-order valence-corrected chi connectivity index (χ3v) is 3.28. The Morgan fingerprint density at radius 1 is 1.30 bits per heavy atom. The molecule has 2 rings (SSSR count). The second kappa shape index (κ2) is 5.45. The second-order valence-electron chi connectivity index (χ2n) is 5.90. The Morgan fingerprint density at radius 2 is 2.00 bits per heavy atom. The Morgan fingerprint density at radius 3 is 2.65 bits per heavy atom. The highest BCUT2D eigenvalue weighted by atomic mass is 16.4. The van der Waals surface area contributed by atoms with E-state index in [2.05, 4.69) is 15.3 Å². The van der Waals surface area contributed by atoms with Gasteiger partial charge in [0.05, 0.1) is 11.9 Å². The molecule has 0 spiro atoms. The molecule has 0 aliphatic rings. The molecular formula is C15H19N3O2. The van der Waals surface area contributed by atoms with Crippen LogP contribution in [-0.2, 0) is 4.79 Å². The summed E-state index contributed by atoms with van der Waals surface area (Å²) in [6.07, 6.45) is 1.53. The number of carbonyl (C=O) groups is 1. The van der Waals surface area contributed by atoms with Gasteiger partial charge in [0, 0.05) is 11.4 Å². The molecule has 5 heteroatoms. The van der Waals surface area contributed by atoms with E-state index in [1.54, 1.807) is 0 Å². The van der Waals surface area contributed by atoms with Crippen LogP contribution in [0.5, 0.6) is 0 Å². The molecule has 20 heavy (non-hydrogen) atoms. The normalized spacial score (nSPS) is 13.2. The maximum Gasteiger partial charge on any atom is 0.305 e. The maximum absolute atomic E-state index is 11.0. The minimum absolute atomic E-state index is 0.0435. The van der Waals surface area contributed by atoms with Crippen LogP contribution in [0.15, 0.2) is 30.6 Å². The van der Waals surface area contributed by atoms with E-state index in [4.69, 9.17) is 5.11 Å². The summed E-state index contributed by atoms with van der Waals surface area (Å²) in [5.74, 6) is -0.146. The van der Waals surface area contributed by atoms with Crippen LogP contribution in [0, 0.1) is 5.41 Å². The number of carboxylic acid groups (broad SMARTS) is 1. The van der Waals surface area contributed by atoms with E-state index >= 15 is 0 Å². The lowest BCUT2D eigenvalue weighted by Crippen LogP contribution is -2.36. The zero-order valence-corrected chi connectivity index (χ0v) is 11.9. The number of para-hydroxylation sites is 1. The van der Waals surface area contributed by atoms with E-state index in [1.165, 1.54) is 6.33 Å². The van der Waals surface area contributed by atoms with Crippen LogP contribution in [-0.4, -0.2) is 27.1 Å². The van der Waals surface area contributed by atoms with Crippen molar-refractivity contribution >= 4 is 22.7 Å². The number of carboxylic acids is 1. The molecule has 2 aromatic rings. The largest absolute Gasteiger partial charge is 0.481 e. The zero-order valence-electron chi connectivity index (χ0n) is 11.9. The molecule has 1 aromatic heterocycles. The minimum Gasteiger partial charge on any atom is -0.481 e. The molecule has 2 N–H and O–H groups in total. The number of hydrogen-bond acceptors (Lipinski definition) is 4. The van der Waals surface area contributed by atoms with Crippen molar-refractivity contribution in [2.75, 3.05) is 5.32 Å². The number of benzene rings is 1. The number of aliphatic carboxylic acids is 1. The maximum atomic E-state index is 11.0. The fourth-order valence-corrected chi connectivity index (χ4v) is 2.03. The van der Waals surface area contributed by atoms with Crippen molar-refractivity contribution < 1.29 is 9.90 Å². The van der Waals surface area contributed by atoms with Gasteiger partial charge in [-0.1, -0.05) is 32.9 Å². The molecule has 0 radical (unpaired) electrons. The molecule has 0 bridgehead atoms. The quantitative estimate of drug-likeness (QED) is 0.895. The van der Waals surface area contributed by atoms with Crippen LogP contribution in [0.1, 0.15) is 27.2 Å². The summed E-state index contributed by atoms with van der Waals surface area (Å²) in [6.45, 7) is 6.03. The van der Waals surface area contributed by atoms with Gasteiger partial charge in [-0.2, -0.15) is 0 Å². The molecule has 1 unspecified atom stereocenters. The molecule has 5 nitrogen and oxygen atoms in total. The smallest absolute Gasteiger partial charge is 0.305 e. The Balaban J connectivity index is 2.36. The number of nitrogens with zero attached hydrogens (tertiary/aromatic N) is 2. The van der Waals surface area contributed by atoms with Gasteiger partial charge in [0.1, 0.15) is 12.1 Å². The fraction of sp³-hybridized carbons (Fsp3) is 0.400. The second-order valence-corrected chi connectivity index (χ2v) is 5.90. The van der Waals surface area contributed by atoms with Gasteiger partial charge in [-0.05, 0) is 17.5 Å². The summed E-state index contributed by atoms with van der Waals surface area (Å²) in [5.41, 5.74) is 0.651. The van der Waals surface area contributed by atoms with Crippen molar-refractivity contribution in [3.63, 3.8) is 0 Å². The van der Waals surface area contributed by atoms with E-state index < -0.39 is 5.97 Å². The first-order valence-electron chi connectivity index (χ1n) is 6.56. The monoisotopic (exact) mass is 273 g/mol. The van der Waals surface area contributed by atoms with Crippen molar-refractivity contribution in [2.24, 2.45) is 5.41 Å². The van der Waals surface area contributed by atoms with Gasteiger partial charge in [0.25, 0.3) is 0 Å². The predicted octanol–water partition coefficient (Wildman–Crippen LogP) is 2.93. The standard InChI is InChI=1S/C15H19N3O2/c1-15(2,3)12(8-13(19)20)18-14-10-6-4-5-7-11(10)16-9-17-14/h4-7,9,12H,8H2,1-3H3,(H,19,20)(H,16,17,18). The Hall–Kier alpha value is -2.17. The fourth-order valence-electron chi connectivity index (χ4n) is 2.03. The van der Waals surface area contributed by atoms with Crippen LogP contribution in [0.4, 0.5) is 5.82 Å². The highest BCUT2D eigenvalue weighted by Crippen LogP contribution is 2.27. The van der Waals surface area contributed by atoms with Crippen molar-refractivity contribution in [1.29, 1.82) is 0 Å². The molecule has 0 aliphatic carbocycles. The number of anilines is 1. The van der Waals surface area contributed by atoms with Crippen LogP contribution in [0.25, 0.3) is 10.9 Å². The zero-order chi connectivity index (χ0) is 14.8. The summed E-state index contributed by atoms with van der Waals surface area (Å²) >= 11 is 0. The third-order valence-electron chi connectivity index (χ3n) is 3.28. The summed E-state index contributed by atoms with van der Waals surface area (Å²) in [5, 5.41) is 13.2. The summed E-state index contributed by atoms with van der Waals surface area (Å²) < 4.78 is 0. The average molecular weight is 273 g/mol.